The largest absolute Gasteiger partial charge is 0.494 e. The highest BCUT2D eigenvalue weighted by molar-refractivity contribution is 5.92. The second kappa shape index (κ2) is 7.23. The Balaban J connectivity index is 2.21. The molecule has 0 heterocycles. The standard InChI is InChI=1S/C20H21FO5/c1-23-16-8-5-11(9-14(16)21)18-13-10-17(24-2)20(26-4)19(25-3)12(13)6-7-15(18)22/h5,8-10,18H,6-7H2,1-4H3. The first-order valence-electron chi connectivity index (χ1n) is 8.23. The van der Waals surface area contributed by atoms with E-state index in [9.17, 15) is 9.18 Å². The number of hydrogen-bond donors (Lipinski definition) is 0. The predicted molar refractivity (Wildman–Crippen MR) is 94.2 cm³/mol. The third-order valence-electron chi connectivity index (χ3n) is 4.73. The van der Waals surface area contributed by atoms with Crippen LogP contribution in [0.5, 0.6) is 23.0 Å². The van der Waals surface area contributed by atoms with Crippen molar-refractivity contribution in [3.63, 3.8) is 0 Å². The summed E-state index contributed by atoms with van der Waals surface area (Å²) in [5.74, 6) is 0.580. The summed E-state index contributed by atoms with van der Waals surface area (Å²) in [5, 5.41) is 0. The van der Waals surface area contributed by atoms with Gasteiger partial charge in [0, 0.05) is 12.0 Å². The Bertz CT molecular complexity index is 847. The van der Waals surface area contributed by atoms with Crippen LogP contribution in [-0.2, 0) is 11.2 Å². The van der Waals surface area contributed by atoms with Crippen LogP contribution in [0.4, 0.5) is 4.39 Å². The molecule has 138 valence electrons. The Morgan fingerprint density at radius 2 is 1.58 bits per heavy atom. The zero-order valence-electron chi connectivity index (χ0n) is 15.2. The normalized spacial score (nSPS) is 16.0. The maximum Gasteiger partial charge on any atom is 0.203 e. The van der Waals surface area contributed by atoms with Crippen molar-refractivity contribution in [3.05, 3.63) is 46.8 Å². The van der Waals surface area contributed by atoms with Gasteiger partial charge in [-0.15, -0.1) is 0 Å². The fraction of sp³-hybridized carbons (Fsp3) is 0.350. The van der Waals surface area contributed by atoms with E-state index in [4.69, 9.17) is 18.9 Å². The van der Waals surface area contributed by atoms with E-state index in [2.05, 4.69) is 0 Å². The van der Waals surface area contributed by atoms with Crippen LogP contribution < -0.4 is 18.9 Å². The lowest BCUT2D eigenvalue weighted by Crippen LogP contribution is -2.22. The minimum atomic E-state index is -0.590. The first-order chi connectivity index (χ1) is 12.5. The van der Waals surface area contributed by atoms with Gasteiger partial charge in [0.05, 0.1) is 34.4 Å². The van der Waals surface area contributed by atoms with Crippen LogP contribution in [0.25, 0.3) is 0 Å². The van der Waals surface area contributed by atoms with Crippen molar-refractivity contribution in [3.8, 4) is 23.0 Å². The summed E-state index contributed by atoms with van der Waals surface area (Å²) < 4.78 is 35.6. The van der Waals surface area contributed by atoms with Crippen molar-refractivity contribution in [1.29, 1.82) is 0 Å². The van der Waals surface area contributed by atoms with E-state index >= 15 is 0 Å². The summed E-state index contributed by atoms with van der Waals surface area (Å²) in [4.78, 5) is 12.7. The minimum Gasteiger partial charge on any atom is -0.494 e. The second-order valence-corrected chi connectivity index (χ2v) is 6.01. The number of methoxy groups -OCH3 is 4. The highest BCUT2D eigenvalue weighted by Crippen LogP contribution is 2.48. The zero-order chi connectivity index (χ0) is 18.8. The summed E-state index contributed by atoms with van der Waals surface area (Å²) in [6, 6.07) is 6.37. The van der Waals surface area contributed by atoms with Gasteiger partial charge in [-0.25, -0.2) is 4.39 Å². The average molecular weight is 360 g/mol. The third-order valence-corrected chi connectivity index (χ3v) is 4.73. The van der Waals surface area contributed by atoms with Crippen molar-refractivity contribution >= 4 is 5.78 Å². The van der Waals surface area contributed by atoms with Crippen molar-refractivity contribution in [2.75, 3.05) is 28.4 Å². The lowest BCUT2D eigenvalue weighted by atomic mass is 9.77. The van der Waals surface area contributed by atoms with Gasteiger partial charge >= 0.3 is 0 Å². The van der Waals surface area contributed by atoms with Gasteiger partial charge in [-0.1, -0.05) is 6.07 Å². The van der Waals surface area contributed by atoms with E-state index in [-0.39, 0.29) is 11.5 Å². The number of hydrogen-bond acceptors (Lipinski definition) is 5. The maximum absolute atomic E-state index is 14.2. The van der Waals surface area contributed by atoms with Crippen molar-refractivity contribution < 1.29 is 28.1 Å². The van der Waals surface area contributed by atoms with Crippen molar-refractivity contribution in [1.82, 2.24) is 0 Å². The summed E-state index contributed by atoms with van der Waals surface area (Å²) in [6.45, 7) is 0. The number of Topliss-reactive ketones (excluding diaryl/α,β-unsaturated/α-hetero) is 1. The van der Waals surface area contributed by atoms with E-state index in [1.54, 1.807) is 19.2 Å². The van der Waals surface area contributed by atoms with Crippen LogP contribution in [0.2, 0.25) is 0 Å². The molecule has 1 atom stereocenters. The summed E-state index contributed by atoms with van der Waals surface area (Å²) in [7, 11) is 6.02. The summed E-state index contributed by atoms with van der Waals surface area (Å²) in [5.41, 5.74) is 2.20. The number of benzene rings is 2. The number of ether oxygens (including phenoxy) is 4. The van der Waals surface area contributed by atoms with Gasteiger partial charge in [-0.2, -0.15) is 0 Å². The molecule has 1 aliphatic carbocycles. The molecule has 0 aliphatic heterocycles. The third kappa shape index (κ3) is 2.85. The lowest BCUT2D eigenvalue weighted by Gasteiger charge is -2.28. The molecule has 0 saturated carbocycles. The van der Waals surface area contributed by atoms with Crippen molar-refractivity contribution in [2.45, 2.75) is 18.8 Å². The first-order valence-corrected chi connectivity index (χ1v) is 8.23. The Morgan fingerprint density at radius 3 is 2.15 bits per heavy atom. The Morgan fingerprint density at radius 1 is 0.885 bits per heavy atom. The summed E-state index contributed by atoms with van der Waals surface area (Å²) in [6.07, 6.45) is 0.879. The number of fused-ring (bicyclic) bond motifs is 1. The number of halogens is 1. The SMILES string of the molecule is COc1ccc(C2C(=O)CCc3c2cc(OC)c(OC)c3OC)cc1F. The maximum atomic E-state index is 14.2. The molecule has 0 amide bonds. The molecule has 0 N–H and O–H groups in total. The average Bonchev–Trinajstić information content (AvgIpc) is 2.66. The van der Waals surface area contributed by atoms with Crippen molar-refractivity contribution in [2.24, 2.45) is 0 Å². The van der Waals surface area contributed by atoms with Crippen LogP contribution in [0.1, 0.15) is 29.0 Å². The molecule has 26 heavy (non-hydrogen) atoms. The van der Waals surface area contributed by atoms with Crippen LogP contribution >= 0.6 is 0 Å². The second-order valence-electron chi connectivity index (χ2n) is 6.01. The monoisotopic (exact) mass is 360 g/mol. The molecule has 2 aromatic carbocycles. The molecular formula is C20H21FO5. The van der Waals surface area contributed by atoms with Gasteiger partial charge < -0.3 is 18.9 Å². The molecule has 0 bridgehead atoms. The molecule has 0 saturated heterocycles. The Hall–Kier alpha value is -2.76. The van der Waals surface area contributed by atoms with Gasteiger partial charge in [0.2, 0.25) is 5.75 Å². The molecule has 5 nitrogen and oxygen atoms in total. The van der Waals surface area contributed by atoms with Gasteiger partial charge in [-0.05, 0) is 35.7 Å². The number of carbonyl (C=O) groups is 1. The highest BCUT2D eigenvalue weighted by Gasteiger charge is 2.34. The molecule has 6 heteroatoms. The van der Waals surface area contributed by atoms with E-state index < -0.39 is 11.7 Å². The van der Waals surface area contributed by atoms with E-state index in [1.165, 1.54) is 33.5 Å². The topological polar surface area (TPSA) is 54.0 Å². The van der Waals surface area contributed by atoms with E-state index in [0.717, 1.165) is 11.1 Å². The van der Waals surface area contributed by atoms with Gasteiger partial charge in [0.1, 0.15) is 5.78 Å². The molecule has 3 rings (SSSR count). The zero-order valence-corrected chi connectivity index (χ0v) is 15.2. The number of carbonyl (C=O) groups excluding carboxylic acids is 1. The van der Waals surface area contributed by atoms with Gasteiger partial charge in [0.15, 0.2) is 23.1 Å². The van der Waals surface area contributed by atoms with Crippen LogP contribution in [-0.4, -0.2) is 34.2 Å². The highest BCUT2D eigenvalue weighted by atomic mass is 19.1. The molecule has 1 unspecified atom stereocenters. The van der Waals surface area contributed by atoms with Crippen LogP contribution in [0.15, 0.2) is 24.3 Å². The Labute approximate surface area is 151 Å². The smallest absolute Gasteiger partial charge is 0.203 e. The fourth-order valence-corrected chi connectivity index (χ4v) is 3.54. The summed E-state index contributed by atoms with van der Waals surface area (Å²) >= 11 is 0. The van der Waals surface area contributed by atoms with Crippen LogP contribution in [0, 0.1) is 5.82 Å². The van der Waals surface area contributed by atoms with Gasteiger partial charge in [0.25, 0.3) is 0 Å². The van der Waals surface area contributed by atoms with E-state index in [1.807, 2.05) is 0 Å². The lowest BCUT2D eigenvalue weighted by molar-refractivity contribution is -0.120. The molecule has 2 aromatic rings. The molecule has 0 aromatic heterocycles. The molecular weight excluding hydrogens is 339 g/mol. The minimum absolute atomic E-state index is 0.0244. The fourth-order valence-electron chi connectivity index (χ4n) is 3.54. The Kier molecular flexibility index (Phi) is 5.02. The number of ketones is 1. The number of rotatable bonds is 5. The van der Waals surface area contributed by atoms with E-state index in [0.29, 0.717) is 35.7 Å². The first kappa shape index (κ1) is 18.0. The molecule has 0 fully saturated rings. The predicted octanol–water partition coefficient (Wildman–Crippen LogP) is 3.51. The van der Waals surface area contributed by atoms with Gasteiger partial charge in [-0.3, -0.25) is 4.79 Å². The molecule has 0 spiro atoms. The quantitative estimate of drug-likeness (QED) is 0.817. The molecule has 0 radical (unpaired) electrons. The molecule has 1 aliphatic rings. The van der Waals surface area contributed by atoms with Crippen LogP contribution in [0.3, 0.4) is 0 Å².